The largest absolute Gasteiger partial charge is 0.382 e. The number of pyridine rings is 2. The van der Waals surface area contributed by atoms with Gasteiger partial charge in [-0.25, -0.2) is 9.97 Å². The van der Waals surface area contributed by atoms with E-state index >= 15 is 0 Å². The standard InChI is InChI=1S/C51H65N13O4/c1-31(2)35-13-17-40(48(66)55-44-19-20-45(59-58-44)60(5)6)42(27-35)54-36-14-11-34(12-15-36)49(67)63-22-21-39(30-63)62-25-23-61(24-26-62)38-16-18-43(52-28-38)56-51-53-29-41-32(3)46(33(4)65)50(68)64(47(41)57-51)37-9-7-8-10-37/h13,16-20,27-29,31,34,36-37,39,54H,7-12,14-15,21-26,30H2,1-6H3,(H,55,58,66)(H,52,53,56,57). The van der Waals surface area contributed by atoms with Crippen molar-refractivity contribution in [2.75, 3.05) is 79.1 Å². The lowest BCUT2D eigenvalue weighted by atomic mass is 9.85. The normalized spacial score (nSPS) is 20.2. The van der Waals surface area contributed by atoms with E-state index in [-0.39, 0.29) is 46.7 Å². The topological polar surface area (TPSA) is 187 Å². The van der Waals surface area contributed by atoms with Gasteiger partial charge in [-0.05, 0) is 112 Å². The predicted octanol–water partition coefficient (Wildman–Crippen LogP) is 7.18. The van der Waals surface area contributed by atoms with E-state index in [0.717, 1.165) is 114 Å². The van der Waals surface area contributed by atoms with Gasteiger partial charge >= 0.3 is 0 Å². The Labute approximate surface area is 398 Å². The first-order valence-corrected chi connectivity index (χ1v) is 24.5. The minimum absolute atomic E-state index is 0.00729. The van der Waals surface area contributed by atoms with E-state index in [9.17, 15) is 19.2 Å². The van der Waals surface area contributed by atoms with E-state index in [1.165, 1.54) is 6.92 Å². The fourth-order valence-corrected chi connectivity index (χ4v) is 10.7. The number of fused-ring (bicyclic) bond motifs is 1. The third kappa shape index (κ3) is 9.89. The number of aromatic nitrogens is 6. The van der Waals surface area contributed by atoms with Crippen LogP contribution in [0.4, 0.5) is 34.8 Å². The van der Waals surface area contributed by atoms with E-state index in [2.05, 4.69) is 71.8 Å². The lowest BCUT2D eigenvalue weighted by Gasteiger charge is -2.39. The average molecular weight is 924 g/mol. The van der Waals surface area contributed by atoms with Crippen molar-refractivity contribution in [3.63, 3.8) is 0 Å². The van der Waals surface area contributed by atoms with Crippen LogP contribution >= 0.6 is 0 Å². The number of aryl methyl sites for hydroxylation is 1. The molecule has 1 atom stereocenters. The molecule has 0 spiro atoms. The van der Waals surface area contributed by atoms with Crippen LogP contribution in [0.2, 0.25) is 0 Å². The summed E-state index contributed by atoms with van der Waals surface area (Å²) < 4.78 is 1.72. The first kappa shape index (κ1) is 46.6. The molecule has 1 unspecified atom stereocenters. The molecule has 4 fully saturated rings. The van der Waals surface area contributed by atoms with Crippen molar-refractivity contribution >= 4 is 63.4 Å². The van der Waals surface area contributed by atoms with E-state index < -0.39 is 0 Å². The van der Waals surface area contributed by atoms with Crippen LogP contribution in [0, 0.1) is 12.8 Å². The Hall–Kier alpha value is -6.49. The number of hydrogen-bond acceptors (Lipinski definition) is 14. The maximum absolute atomic E-state index is 13.9. The summed E-state index contributed by atoms with van der Waals surface area (Å²) in [5, 5.41) is 18.9. The van der Waals surface area contributed by atoms with Crippen molar-refractivity contribution in [2.24, 2.45) is 5.92 Å². The number of piperazine rings is 1. The summed E-state index contributed by atoms with van der Waals surface area (Å²) >= 11 is 0. The van der Waals surface area contributed by atoms with Gasteiger partial charge in [0.05, 0.1) is 23.0 Å². The number of rotatable bonds is 13. The number of benzene rings is 1. The second-order valence-electron chi connectivity index (χ2n) is 19.7. The van der Waals surface area contributed by atoms with Gasteiger partial charge in [-0.1, -0.05) is 32.8 Å². The second-order valence-corrected chi connectivity index (χ2v) is 19.7. The lowest BCUT2D eigenvalue weighted by Crippen LogP contribution is -2.51. The average Bonchev–Trinajstić information content (AvgIpc) is 4.06. The number of amides is 2. The third-order valence-corrected chi connectivity index (χ3v) is 14.7. The number of carbonyl (C=O) groups excluding carboxylic acids is 3. The quantitative estimate of drug-likeness (QED) is 0.101. The molecule has 9 rings (SSSR count). The Morgan fingerprint density at radius 3 is 2.22 bits per heavy atom. The monoisotopic (exact) mass is 924 g/mol. The van der Waals surface area contributed by atoms with Crippen molar-refractivity contribution in [2.45, 2.75) is 110 Å². The summed E-state index contributed by atoms with van der Waals surface area (Å²) in [5.41, 5.74) is 4.66. The van der Waals surface area contributed by atoms with E-state index in [1.807, 2.05) is 49.5 Å². The molecule has 2 amide bonds. The van der Waals surface area contributed by atoms with Crippen LogP contribution in [0.25, 0.3) is 11.0 Å². The maximum atomic E-state index is 13.9. The van der Waals surface area contributed by atoms with Gasteiger partial charge < -0.3 is 30.7 Å². The van der Waals surface area contributed by atoms with E-state index in [4.69, 9.17) is 9.97 Å². The number of hydrogen-bond donors (Lipinski definition) is 3. The van der Waals surface area contributed by atoms with Gasteiger partial charge in [0.15, 0.2) is 17.4 Å². The number of Topliss-reactive ketones (excluding diaryl/α,β-unsaturated/α-hetero) is 1. The Morgan fingerprint density at radius 2 is 1.56 bits per heavy atom. The van der Waals surface area contributed by atoms with Gasteiger partial charge in [0.1, 0.15) is 11.5 Å². The Morgan fingerprint density at radius 1 is 0.809 bits per heavy atom. The van der Waals surface area contributed by atoms with Crippen LogP contribution in [0.15, 0.2) is 59.7 Å². The molecular weight excluding hydrogens is 859 g/mol. The molecule has 17 nitrogen and oxygen atoms in total. The van der Waals surface area contributed by atoms with Gasteiger partial charge in [-0.3, -0.25) is 28.6 Å². The molecule has 2 saturated heterocycles. The second kappa shape index (κ2) is 20.0. The summed E-state index contributed by atoms with van der Waals surface area (Å²) in [6.45, 7) is 12.7. The van der Waals surface area contributed by atoms with Crippen LogP contribution in [-0.2, 0) is 4.79 Å². The number of likely N-dealkylation sites (tertiary alicyclic amines) is 1. The van der Waals surface area contributed by atoms with Gasteiger partial charge in [-0.2, -0.15) is 4.98 Å². The Kier molecular flexibility index (Phi) is 13.7. The van der Waals surface area contributed by atoms with E-state index in [0.29, 0.717) is 57.5 Å². The number of carbonyl (C=O) groups is 3. The molecule has 68 heavy (non-hydrogen) atoms. The molecular formula is C51H65N13O4. The molecule has 5 aromatic rings. The summed E-state index contributed by atoms with van der Waals surface area (Å²) in [5.74, 6) is 2.17. The summed E-state index contributed by atoms with van der Waals surface area (Å²) in [4.78, 5) is 76.6. The first-order valence-electron chi connectivity index (χ1n) is 24.5. The maximum Gasteiger partial charge on any atom is 0.263 e. The van der Waals surface area contributed by atoms with E-state index in [1.54, 1.807) is 23.8 Å². The molecule has 1 aromatic carbocycles. The Balaban J connectivity index is 0.754. The zero-order valence-corrected chi connectivity index (χ0v) is 40.3. The highest BCUT2D eigenvalue weighted by molar-refractivity contribution is 6.07. The molecule has 3 N–H and O–H groups in total. The van der Waals surface area contributed by atoms with Crippen molar-refractivity contribution in [1.82, 2.24) is 39.5 Å². The van der Waals surface area contributed by atoms with Crippen molar-refractivity contribution in [3.8, 4) is 0 Å². The minimum atomic E-state index is -0.271. The van der Waals surface area contributed by atoms with Crippen molar-refractivity contribution < 1.29 is 14.4 Å². The predicted molar refractivity (Wildman–Crippen MR) is 267 cm³/mol. The molecule has 17 heteroatoms. The molecule has 2 aliphatic carbocycles. The van der Waals surface area contributed by atoms with Crippen LogP contribution in [0.3, 0.4) is 0 Å². The van der Waals surface area contributed by atoms with Crippen molar-refractivity contribution in [3.05, 3.63) is 87.5 Å². The first-order chi connectivity index (χ1) is 32.8. The Bertz CT molecular complexity index is 2700. The highest BCUT2D eigenvalue weighted by Gasteiger charge is 2.36. The molecule has 2 aliphatic heterocycles. The van der Waals surface area contributed by atoms with Crippen molar-refractivity contribution in [1.29, 1.82) is 0 Å². The highest BCUT2D eigenvalue weighted by Crippen LogP contribution is 2.34. The van der Waals surface area contributed by atoms with Crippen LogP contribution in [0.5, 0.6) is 0 Å². The molecule has 2 saturated carbocycles. The van der Waals surface area contributed by atoms with Gasteiger partial charge in [0, 0.05) is 94.7 Å². The third-order valence-electron chi connectivity index (χ3n) is 14.7. The fraction of sp³-hybridized carbons (Fsp3) is 0.510. The molecule has 6 heterocycles. The lowest BCUT2D eigenvalue weighted by molar-refractivity contribution is -0.135. The summed E-state index contributed by atoms with van der Waals surface area (Å²) in [7, 11) is 3.79. The summed E-state index contributed by atoms with van der Waals surface area (Å²) in [6.07, 6.45) is 11.8. The zero-order chi connectivity index (χ0) is 47.6. The number of nitrogens with zero attached hydrogens (tertiary/aromatic N) is 10. The number of nitrogens with one attached hydrogen (secondary N) is 3. The van der Waals surface area contributed by atoms with Gasteiger partial charge in [-0.15, -0.1) is 10.2 Å². The summed E-state index contributed by atoms with van der Waals surface area (Å²) in [6, 6.07) is 14.1. The highest BCUT2D eigenvalue weighted by atomic mass is 16.2. The van der Waals surface area contributed by atoms with Gasteiger partial charge in [0.2, 0.25) is 11.9 Å². The number of ketones is 1. The number of anilines is 6. The fourth-order valence-electron chi connectivity index (χ4n) is 10.7. The van der Waals surface area contributed by atoms with Crippen LogP contribution in [-0.4, -0.2) is 123 Å². The SMILES string of the molecule is CC(=O)c1c(C)c2cnc(Nc3ccc(N4CCN(C5CCN(C(=O)C6CCC(Nc7cc(C(C)C)ccc7C(=O)Nc7ccc(N(C)C)nn7)CC6)C5)CC4)cn3)nc2n(C2CCCC2)c1=O. The van der Waals surface area contributed by atoms with Crippen LogP contribution < -0.4 is 31.3 Å². The molecule has 4 aromatic heterocycles. The molecule has 4 aliphatic rings. The molecule has 358 valence electrons. The minimum Gasteiger partial charge on any atom is -0.382 e. The molecule has 0 radical (unpaired) electrons. The smallest absolute Gasteiger partial charge is 0.263 e. The van der Waals surface area contributed by atoms with Gasteiger partial charge in [0.25, 0.3) is 11.5 Å². The molecule has 0 bridgehead atoms. The zero-order valence-electron chi connectivity index (χ0n) is 40.3. The van der Waals surface area contributed by atoms with Crippen LogP contribution in [0.1, 0.15) is 122 Å².